The first-order valence-corrected chi connectivity index (χ1v) is 5.75. The summed E-state index contributed by atoms with van der Waals surface area (Å²) in [5, 5.41) is 3.91. The Morgan fingerprint density at radius 3 is 2.00 bits per heavy atom. The lowest BCUT2D eigenvalue weighted by Crippen LogP contribution is -1.78. The van der Waals surface area contributed by atoms with E-state index in [0.29, 0.717) is 5.56 Å². The zero-order valence-electron chi connectivity index (χ0n) is 9.09. The van der Waals surface area contributed by atoms with Crippen molar-refractivity contribution < 1.29 is 4.79 Å². The van der Waals surface area contributed by atoms with Gasteiger partial charge in [-0.2, -0.15) is 11.3 Å². The van der Waals surface area contributed by atoms with Crippen molar-refractivity contribution in [1.29, 1.82) is 0 Å². The summed E-state index contributed by atoms with van der Waals surface area (Å²) >= 11 is 1.62. The molecule has 0 saturated carbocycles. The summed E-state index contributed by atoms with van der Waals surface area (Å²) in [5.74, 6) is 4.98. The number of carbonyl (C=O) groups excluding carboxylic acids is 1. The zero-order chi connectivity index (χ0) is 12.5. The molecule has 0 aliphatic carbocycles. The minimum atomic E-state index is 0.652. The molecule has 82 valence electrons. The smallest absolute Gasteiger partial charge is 0.150 e. The molecule has 0 atom stereocenters. The van der Waals surface area contributed by atoms with Gasteiger partial charge in [-0.1, -0.05) is 24.0 Å². The van der Waals surface area contributed by atoms with Gasteiger partial charge in [0.15, 0.2) is 0 Å². The van der Waals surface area contributed by atoms with Crippen LogP contribution < -0.4 is 0 Å². The maximum atomic E-state index is 10.2. The van der Waals surface area contributed by atoms with Crippen molar-refractivity contribution in [2.24, 2.45) is 0 Å². The van der Waals surface area contributed by atoms with Gasteiger partial charge in [0.05, 0.1) is 0 Å². The molecule has 0 amide bonds. The average Bonchev–Trinajstić information content (AvgIpc) is 2.93. The van der Waals surface area contributed by atoms with E-state index in [1.165, 1.54) is 0 Å². The van der Waals surface area contributed by atoms with E-state index in [1.807, 2.05) is 16.8 Å². The molecule has 0 bridgehead atoms. The van der Waals surface area contributed by atoms with Gasteiger partial charge in [-0.25, -0.2) is 0 Å². The van der Waals surface area contributed by atoms with Crippen molar-refractivity contribution in [3.63, 3.8) is 0 Å². The van der Waals surface area contributed by atoms with Crippen LogP contribution in [0.1, 0.15) is 21.5 Å². The van der Waals surface area contributed by atoms with Gasteiger partial charge < -0.3 is 0 Å². The fraction of sp³-hybridized carbons (Fsp3) is 0. The molecule has 0 N–H and O–H groups in total. The maximum Gasteiger partial charge on any atom is 0.150 e. The van der Waals surface area contributed by atoms with Crippen molar-refractivity contribution in [1.82, 2.24) is 0 Å². The first kappa shape index (κ1) is 12.8. The van der Waals surface area contributed by atoms with Gasteiger partial charge in [-0.05, 0) is 23.6 Å². The highest BCUT2D eigenvalue weighted by atomic mass is 32.1. The van der Waals surface area contributed by atoms with Crippen molar-refractivity contribution in [2.75, 3.05) is 0 Å². The molecule has 0 radical (unpaired) electrons. The zero-order valence-corrected chi connectivity index (χ0v) is 9.91. The van der Waals surface area contributed by atoms with E-state index in [9.17, 15) is 4.79 Å². The number of terminal acetylenes is 2. The van der Waals surface area contributed by atoms with Crippen molar-refractivity contribution in [3.8, 4) is 24.7 Å². The van der Waals surface area contributed by atoms with Crippen LogP contribution in [0.2, 0.25) is 0 Å². The number of hydrogen-bond acceptors (Lipinski definition) is 2. The molecule has 1 nitrogen and oxygen atoms in total. The summed E-state index contributed by atoms with van der Waals surface area (Å²) in [4.78, 5) is 10.2. The number of hydrogen-bond donors (Lipinski definition) is 0. The van der Waals surface area contributed by atoms with Crippen LogP contribution in [0.3, 0.4) is 0 Å². The second-order valence-electron chi connectivity index (χ2n) is 3.04. The van der Waals surface area contributed by atoms with Crippen LogP contribution >= 0.6 is 11.3 Å². The molecule has 1 aromatic carbocycles. The van der Waals surface area contributed by atoms with Gasteiger partial charge in [-0.15, -0.1) is 12.8 Å². The van der Waals surface area contributed by atoms with E-state index in [2.05, 4.69) is 11.8 Å². The van der Waals surface area contributed by atoms with Crippen LogP contribution in [0.5, 0.6) is 0 Å². The van der Waals surface area contributed by atoms with E-state index in [0.717, 1.165) is 17.4 Å². The predicted octanol–water partition coefficient (Wildman–Crippen LogP) is 3.21. The molecule has 0 aliphatic rings. The number of rotatable bonds is 1. The summed E-state index contributed by atoms with van der Waals surface area (Å²) in [5.41, 5.74) is 2.43. The Kier molecular flexibility index (Phi) is 5.31. The van der Waals surface area contributed by atoms with E-state index in [4.69, 9.17) is 12.8 Å². The SMILES string of the molecule is C#Cc1ccc(C=O)cc1.C#Cc1ccsc1. The van der Waals surface area contributed by atoms with Crippen LogP contribution in [0.25, 0.3) is 0 Å². The Morgan fingerprint density at radius 2 is 1.65 bits per heavy atom. The monoisotopic (exact) mass is 238 g/mol. The normalized spacial score (nSPS) is 8.12. The highest BCUT2D eigenvalue weighted by Gasteiger charge is 1.87. The highest BCUT2D eigenvalue weighted by Crippen LogP contribution is 2.02. The number of benzene rings is 1. The van der Waals surface area contributed by atoms with Crippen LogP contribution in [-0.4, -0.2) is 6.29 Å². The van der Waals surface area contributed by atoms with Gasteiger partial charge >= 0.3 is 0 Å². The molecule has 0 spiro atoms. The molecule has 2 heteroatoms. The summed E-state index contributed by atoms with van der Waals surface area (Å²) < 4.78 is 0. The Hall–Kier alpha value is -2.29. The van der Waals surface area contributed by atoms with E-state index >= 15 is 0 Å². The van der Waals surface area contributed by atoms with Gasteiger partial charge in [0.2, 0.25) is 0 Å². The Bertz CT molecular complexity index is 536. The standard InChI is InChI=1S/C9H6O.C6H4S/c1-2-8-3-5-9(7-10)6-4-8;1-2-6-3-4-7-5-6/h1,3-7H;1,3-5H. The molecule has 2 aromatic rings. The third-order valence-corrected chi connectivity index (χ3v) is 2.58. The summed E-state index contributed by atoms with van der Waals surface area (Å²) in [6.07, 6.45) is 10.9. The lowest BCUT2D eigenvalue weighted by molar-refractivity contribution is 0.112. The van der Waals surface area contributed by atoms with Gasteiger partial charge in [-0.3, -0.25) is 4.79 Å². The predicted molar refractivity (Wildman–Crippen MR) is 72.0 cm³/mol. The van der Waals surface area contributed by atoms with Crippen molar-refractivity contribution in [3.05, 3.63) is 57.8 Å². The summed E-state index contributed by atoms with van der Waals surface area (Å²) in [7, 11) is 0. The first-order valence-electron chi connectivity index (χ1n) is 4.81. The largest absolute Gasteiger partial charge is 0.298 e. The molecular formula is C15H10OS. The van der Waals surface area contributed by atoms with E-state index < -0.39 is 0 Å². The lowest BCUT2D eigenvalue weighted by atomic mass is 10.2. The molecule has 0 aliphatic heterocycles. The minimum Gasteiger partial charge on any atom is -0.298 e. The fourth-order valence-electron chi connectivity index (χ4n) is 1.00. The molecule has 2 rings (SSSR count). The van der Waals surface area contributed by atoms with Crippen molar-refractivity contribution >= 4 is 17.6 Å². The van der Waals surface area contributed by atoms with E-state index in [1.54, 1.807) is 35.6 Å². The number of aldehydes is 1. The quantitative estimate of drug-likeness (QED) is 0.550. The third kappa shape index (κ3) is 4.38. The van der Waals surface area contributed by atoms with Crippen LogP contribution in [0.4, 0.5) is 0 Å². The summed E-state index contributed by atoms with van der Waals surface area (Å²) in [6.45, 7) is 0. The topological polar surface area (TPSA) is 17.1 Å². The van der Waals surface area contributed by atoms with Crippen LogP contribution in [0, 0.1) is 24.7 Å². The second kappa shape index (κ2) is 7.06. The van der Waals surface area contributed by atoms with Crippen molar-refractivity contribution in [2.45, 2.75) is 0 Å². The van der Waals surface area contributed by atoms with E-state index in [-0.39, 0.29) is 0 Å². The van der Waals surface area contributed by atoms with Gasteiger partial charge in [0.1, 0.15) is 6.29 Å². The third-order valence-electron chi connectivity index (χ3n) is 1.90. The molecule has 0 fully saturated rings. The second-order valence-corrected chi connectivity index (χ2v) is 3.82. The maximum absolute atomic E-state index is 10.2. The fourth-order valence-corrected chi connectivity index (χ4v) is 1.60. The van der Waals surface area contributed by atoms with Gasteiger partial charge in [0.25, 0.3) is 0 Å². The van der Waals surface area contributed by atoms with Gasteiger partial charge in [0, 0.05) is 22.1 Å². The molecule has 17 heavy (non-hydrogen) atoms. The number of thiophene rings is 1. The Labute approximate surface area is 105 Å². The average molecular weight is 238 g/mol. The Morgan fingerprint density at radius 1 is 1.00 bits per heavy atom. The summed E-state index contributed by atoms with van der Waals surface area (Å²) in [6, 6.07) is 8.79. The van der Waals surface area contributed by atoms with Crippen LogP contribution in [-0.2, 0) is 0 Å². The first-order chi connectivity index (χ1) is 8.30. The molecule has 1 aromatic heterocycles. The molecular weight excluding hydrogens is 228 g/mol. The highest BCUT2D eigenvalue weighted by molar-refractivity contribution is 7.08. The van der Waals surface area contributed by atoms with Crippen LogP contribution in [0.15, 0.2) is 41.1 Å². The molecule has 0 unspecified atom stereocenters. The minimum absolute atomic E-state index is 0.652. The molecule has 1 heterocycles. The lowest BCUT2D eigenvalue weighted by Gasteiger charge is -1.88. The Balaban J connectivity index is 0.000000181. The number of carbonyl (C=O) groups is 1. The molecule has 0 saturated heterocycles.